The van der Waals surface area contributed by atoms with Gasteiger partial charge in [0, 0.05) is 38.9 Å². The summed E-state index contributed by atoms with van der Waals surface area (Å²) in [6.45, 7) is 8.30. The Balaban J connectivity index is 1.80. The Kier molecular flexibility index (Phi) is 5.02. The summed E-state index contributed by atoms with van der Waals surface area (Å²) in [7, 11) is 2.17. The first-order valence-electron chi connectivity index (χ1n) is 6.90. The van der Waals surface area contributed by atoms with Gasteiger partial charge in [-0.1, -0.05) is 19.1 Å². The molecule has 3 nitrogen and oxygen atoms in total. The summed E-state index contributed by atoms with van der Waals surface area (Å²) in [5, 5.41) is 0. The molecule has 0 saturated carbocycles. The minimum atomic E-state index is 0.884. The number of anilines is 1. The van der Waals surface area contributed by atoms with Crippen LogP contribution < -0.4 is 4.90 Å². The van der Waals surface area contributed by atoms with E-state index in [1.165, 1.54) is 11.3 Å². The Bertz CT molecular complexity index is 344. The molecule has 0 bridgehead atoms. The molecule has 1 aromatic carbocycles. The highest BCUT2D eigenvalue weighted by Crippen LogP contribution is 2.14. The van der Waals surface area contributed by atoms with Crippen molar-refractivity contribution < 1.29 is 4.74 Å². The lowest BCUT2D eigenvalue weighted by Gasteiger charge is -2.29. The van der Waals surface area contributed by atoms with Crippen molar-refractivity contribution in [1.29, 1.82) is 0 Å². The average molecular weight is 248 g/mol. The maximum atomic E-state index is 5.36. The Morgan fingerprint density at radius 3 is 2.44 bits per heavy atom. The zero-order valence-corrected chi connectivity index (χ0v) is 11.6. The van der Waals surface area contributed by atoms with Gasteiger partial charge in [-0.15, -0.1) is 0 Å². The molecule has 0 unspecified atom stereocenters. The maximum absolute atomic E-state index is 5.36. The molecular weight excluding hydrogens is 224 g/mol. The van der Waals surface area contributed by atoms with Crippen LogP contribution in [0.3, 0.4) is 0 Å². The molecular formula is C15H24N2O. The highest BCUT2D eigenvalue weighted by atomic mass is 16.5. The Morgan fingerprint density at radius 2 is 1.83 bits per heavy atom. The summed E-state index contributed by atoms with van der Waals surface area (Å²) in [6.07, 6.45) is 1.11. The van der Waals surface area contributed by atoms with Crippen molar-refractivity contribution in [2.75, 3.05) is 51.3 Å². The van der Waals surface area contributed by atoms with Gasteiger partial charge in [0.05, 0.1) is 13.2 Å². The summed E-state index contributed by atoms with van der Waals surface area (Å²) in [5.41, 5.74) is 2.71. The topological polar surface area (TPSA) is 15.7 Å². The second-order valence-corrected chi connectivity index (χ2v) is 4.90. The molecule has 1 aliphatic rings. The quantitative estimate of drug-likeness (QED) is 0.793. The summed E-state index contributed by atoms with van der Waals surface area (Å²) in [5.74, 6) is 0. The lowest BCUT2D eigenvalue weighted by Crippen LogP contribution is -2.40. The third-order valence-electron chi connectivity index (χ3n) is 3.64. The zero-order valence-electron chi connectivity index (χ0n) is 11.6. The van der Waals surface area contributed by atoms with Gasteiger partial charge < -0.3 is 9.64 Å². The molecule has 0 atom stereocenters. The molecule has 0 aliphatic carbocycles. The molecule has 1 saturated heterocycles. The van der Waals surface area contributed by atoms with Crippen LogP contribution in [0, 0.1) is 0 Å². The van der Waals surface area contributed by atoms with E-state index in [0.717, 1.165) is 45.8 Å². The standard InChI is InChI=1S/C15H24N2O/c1-3-14-4-6-15(7-5-14)16(2)8-9-17-10-12-18-13-11-17/h4-7H,3,8-13H2,1-2H3. The highest BCUT2D eigenvalue weighted by molar-refractivity contribution is 5.46. The van der Waals surface area contributed by atoms with Crippen LogP contribution in [-0.4, -0.2) is 51.3 Å². The number of hydrogen-bond donors (Lipinski definition) is 0. The smallest absolute Gasteiger partial charge is 0.0594 e. The number of rotatable bonds is 5. The average Bonchev–Trinajstić information content (AvgIpc) is 2.46. The van der Waals surface area contributed by atoms with E-state index in [-0.39, 0.29) is 0 Å². The van der Waals surface area contributed by atoms with Gasteiger partial charge in [-0.25, -0.2) is 0 Å². The maximum Gasteiger partial charge on any atom is 0.0594 e. The SMILES string of the molecule is CCc1ccc(N(C)CCN2CCOCC2)cc1. The molecule has 0 radical (unpaired) electrons. The van der Waals surface area contributed by atoms with Crippen molar-refractivity contribution in [1.82, 2.24) is 4.90 Å². The van der Waals surface area contributed by atoms with Gasteiger partial charge in [-0.05, 0) is 24.1 Å². The van der Waals surface area contributed by atoms with Crippen LogP contribution in [0.5, 0.6) is 0 Å². The van der Waals surface area contributed by atoms with Crippen molar-refractivity contribution >= 4 is 5.69 Å². The first-order valence-corrected chi connectivity index (χ1v) is 6.90. The number of aryl methyl sites for hydroxylation is 1. The van der Waals surface area contributed by atoms with E-state index in [4.69, 9.17) is 4.74 Å². The molecule has 2 rings (SSSR count). The van der Waals surface area contributed by atoms with Crippen LogP contribution in [0.4, 0.5) is 5.69 Å². The molecule has 1 heterocycles. The van der Waals surface area contributed by atoms with Crippen molar-refractivity contribution in [3.05, 3.63) is 29.8 Å². The summed E-state index contributed by atoms with van der Waals surface area (Å²) >= 11 is 0. The van der Waals surface area contributed by atoms with Crippen LogP contribution in [-0.2, 0) is 11.2 Å². The van der Waals surface area contributed by atoms with Crippen LogP contribution in [0.1, 0.15) is 12.5 Å². The molecule has 18 heavy (non-hydrogen) atoms. The van der Waals surface area contributed by atoms with Gasteiger partial charge in [0.15, 0.2) is 0 Å². The molecule has 1 aliphatic heterocycles. The molecule has 100 valence electrons. The number of hydrogen-bond acceptors (Lipinski definition) is 3. The Hall–Kier alpha value is -1.06. The monoisotopic (exact) mass is 248 g/mol. The molecule has 1 fully saturated rings. The van der Waals surface area contributed by atoms with E-state index in [0.29, 0.717) is 0 Å². The van der Waals surface area contributed by atoms with Crippen LogP contribution in [0.2, 0.25) is 0 Å². The van der Waals surface area contributed by atoms with Crippen molar-refractivity contribution in [2.24, 2.45) is 0 Å². The zero-order chi connectivity index (χ0) is 12.8. The Labute approximate surface area is 110 Å². The summed E-state index contributed by atoms with van der Waals surface area (Å²) in [4.78, 5) is 4.80. The molecule has 0 aromatic heterocycles. The normalized spacial score (nSPS) is 16.8. The van der Waals surface area contributed by atoms with Gasteiger partial charge in [-0.2, -0.15) is 0 Å². The first-order chi connectivity index (χ1) is 8.79. The summed E-state index contributed by atoms with van der Waals surface area (Å²) < 4.78 is 5.36. The van der Waals surface area contributed by atoms with Gasteiger partial charge in [-0.3, -0.25) is 4.90 Å². The van der Waals surface area contributed by atoms with Crippen LogP contribution >= 0.6 is 0 Å². The van der Waals surface area contributed by atoms with Gasteiger partial charge in [0.25, 0.3) is 0 Å². The third-order valence-corrected chi connectivity index (χ3v) is 3.64. The lowest BCUT2D eigenvalue weighted by atomic mass is 10.1. The second kappa shape index (κ2) is 6.76. The number of ether oxygens (including phenoxy) is 1. The molecule has 0 spiro atoms. The second-order valence-electron chi connectivity index (χ2n) is 4.90. The fourth-order valence-corrected chi connectivity index (χ4v) is 2.23. The van der Waals surface area contributed by atoms with Gasteiger partial charge in [0.1, 0.15) is 0 Å². The Morgan fingerprint density at radius 1 is 1.17 bits per heavy atom. The van der Waals surface area contributed by atoms with E-state index in [2.05, 4.69) is 48.0 Å². The number of benzene rings is 1. The van der Waals surface area contributed by atoms with Gasteiger partial charge in [0.2, 0.25) is 0 Å². The van der Waals surface area contributed by atoms with E-state index >= 15 is 0 Å². The van der Waals surface area contributed by atoms with Crippen molar-refractivity contribution in [3.63, 3.8) is 0 Å². The molecule has 1 aromatic rings. The lowest BCUT2D eigenvalue weighted by molar-refractivity contribution is 0.0393. The number of likely N-dealkylation sites (N-methyl/N-ethyl adjacent to an activating group) is 1. The molecule has 0 amide bonds. The number of nitrogens with zero attached hydrogens (tertiary/aromatic N) is 2. The van der Waals surface area contributed by atoms with E-state index < -0.39 is 0 Å². The van der Waals surface area contributed by atoms with Crippen molar-refractivity contribution in [3.8, 4) is 0 Å². The van der Waals surface area contributed by atoms with E-state index in [1.54, 1.807) is 0 Å². The van der Waals surface area contributed by atoms with Crippen LogP contribution in [0.25, 0.3) is 0 Å². The fraction of sp³-hybridized carbons (Fsp3) is 0.600. The number of morpholine rings is 1. The fourth-order valence-electron chi connectivity index (χ4n) is 2.23. The minimum Gasteiger partial charge on any atom is -0.379 e. The predicted molar refractivity (Wildman–Crippen MR) is 76.3 cm³/mol. The van der Waals surface area contributed by atoms with Crippen molar-refractivity contribution in [2.45, 2.75) is 13.3 Å². The molecule has 3 heteroatoms. The highest BCUT2D eigenvalue weighted by Gasteiger charge is 2.10. The van der Waals surface area contributed by atoms with E-state index in [1.807, 2.05) is 0 Å². The van der Waals surface area contributed by atoms with Gasteiger partial charge >= 0.3 is 0 Å². The predicted octanol–water partition coefficient (Wildman–Crippen LogP) is 2.02. The summed E-state index contributed by atoms with van der Waals surface area (Å²) in [6, 6.07) is 8.89. The molecule has 0 N–H and O–H groups in total. The van der Waals surface area contributed by atoms with E-state index in [9.17, 15) is 0 Å². The first kappa shape index (κ1) is 13.4. The largest absolute Gasteiger partial charge is 0.379 e. The third kappa shape index (κ3) is 3.72. The van der Waals surface area contributed by atoms with Crippen LogP contribution in [0.15, 0.2) is 24.3 Å². The minimum absolute atomic E-state index is 0.884.